The Morgan fingerprint density at radius 3 is 2.57 bits per heavy atom. The summed E-state index contributed by atoms with van der Waals surface area (Å²) in [5.74, 6) is 0.0450. The molecule has 0 radical (unpaired) electrons. The molecule has 2 aromatic carbocycles. The number of rotatable bonds is 4. The summed E-state index contributed by atoms with van der Waals surface area (Å²) in [6.45, 7) is 2.36. The topological polar surface area (TPSA) is 44.1 Å². The zero-order valence-electron chi connectivity index (χ0n) is 11.7. The fourth-order valence-corrected chi connectivity index (χ4v) is 2.39. The van der Waals surface area contributed by atoms with Gasteiger partial charge < -0.3 is 4.90 Å². The molecule has 3 nitrogen and oxygen atoms in total. The van der Waals surface area contributed by atoms with E-state index in [1.54, 1.807) is 23.1 Å². The maximum absolute atomic E-state index is 12.2. The molecule has 0 heterocycles. The number of amides is 1. The minimum atomic E-state index is 0.0450. The Kier molecular flexibility index (Phi) is 5.34. The van der Waals surface area contributed by atoms with E-state index in [4.69, 9.17) is 5.26 Å². The lowest BCUT2D eigenvalue weighted by atomic mass is 10.1. The van der Waals surface area contributed by atoms with Crippen molar-refractivity contribution in [3.63, 3.8) is 0 Å². The van der Waals surface area contributed by atoms with E-state index in [-0.39, 0.29) is 5.91 Å². The minimum Gasteiger partial charge on any atom is -0.308 e. The zero-order chi connectivity index (χ0) is 15.2. The number of halogens is 1. The number of hydrogen-bond acceptors (Lipinski definition) is 2. The van der Waals surface area contributed by atoms with E-state index in [9.17, 15) is 4.79 Å². The van der Waals surface area contributed by atoms with Crippen molar-refractivity contribution in [2.75, 3.05) is 4.90 Å². The van der Waals surface area contributed by atoms with E-state index >= 15 is 0 Å². The van der Waals surface area contributed by atoms with Gasteiger partial charge in [-0.15, -0.1) is 0 Å². The summed E-state index contributed by atoms with van der Waals surface area (Å²) in [5.41, 5.74) is 2.39. The standard InChI is InChI=1S/C17H15IN2O/c1-2-17(21)20(12-13-6-8-15(18)9-7-13)16-5-3-4-14(10-16)11-19/h3-10H,2,12H2,1H3. The molecule has 0 spiro atoms. The van der Waals surface area contributed by atoms with Gasteiger partial charge in [0.1, 0.15) is 0 Å². The van der Waals surface area contributed by atoms with E-state index in [2.05, 4.69) is 28.7 Å². The fourth-order valence-electron chi connectivity index (χ4n) is 2.03. The Morgan fingerprint density at radius 1 is 1.24 bits per heavy atom. The predicted molar refractivity (Wildman–Crippen MR) is 91.8 cm³/mol. The molecule has 0 fully saturated rings. The molecule has 0 aliphatic heterocycles. The van der Waals surface area contributed by atoms with Gasteiger partial charge in [-0.25, -0.2) is 0 Å². The van der Waals surface area contributed by atoms with Crippen LogP contribution in [-0.4, -0.2) is 5.91 Å². The molecule has 0 atom stereocenters. The molecule has 1 amide bonds. The van der Waals surface area contributed by atoms with E-state index in [1.165, 1.54) is 0 Å². The minimum absolute atomic E-state index is 0.0450. The molecule has 0 N–H and O–H groups in total. The highest BCUT2D eigenvalue weighted by atomic mass is 127. The molecule has 0 aliphatic rings. The monoisotopic (exact) mass is 390 g/mol. The van der Waals surface area contributed by atoms with Gasteiger partial charge >= 0.3 is 0 Å². The second-order valence-electron chi connectivity index (χ2n) is 4.62. The van der Waals surface area contributed by atoms with E-state index in [1.807, 2.05) is 37.3 Å². The molecular weight excluding hydrogens is 375 g/mol. The summed E-state index contributed by atoms with van der Waals surface area (Å²) < 4.78 is 1.16. The van der Waals surface area contributed by atoms with Crippen LogP contribution in [0, 0.1) is 14.9 Å². The number of nitrogens with zero attached hydrogens (tertiary/aromatic N) is 2. The van der Waals surface area contributed by atoms with Crippen LogP contribution in [0.2, 0.25) is 0 Å². The van der Waals surface area contributed by atoms with Crippen molar-refractivity contribution in [2.24, 2.45) is 0 Å². The predicted octanol–water partition coefficient (Wildman–Crippen LogP) is 4.11. The first-order chi connectivity index (χ1) is 10.1. The van der Waals surface area contributed by atoms with Crippen molar-refractivity contribution >= 4 is 34.2 Å². The number of carbonyl (C=O) groups excluding carboxylic acids is 1. The van der Waals surface area contributed by atoms with Crippen LogP contribution in [0.15, 0.2) is 48.5 Å². The van der Waals surface area contributed by atoms with Crippen molar-refractivity contribution in [3.8, 4) is 6.07 Å². The van der Waals surface area contributed by atoms with Gasteiger partial charge in [0.15, 0.2) is 0 Å². The van der Waals surface area contributed by atoms with Gasteiger partial charge in [0.25, 0.3) is 0 Å². The van der Waals surface area contributed by atoms with Crippen LogP contribution in [0.5, 0.6) is 0 Å². The first-order valence-electron chi connectivity index (χ1n) is 6.69. The van der Waals surface area contributed by atoms with Crippen LogP contribution < -0.4 is 4.90 Å². The third kappa shape index (κ3) is 4.05. The van der Waals surface area contributed by atoms with E-state index in [0.717, 1.165) is 14.8 Å². The Hall–Kier alpha value is -1.87. The number of carbonyl (C=O) groups is 1. The Morgan fingerprint density at radius 2 is 1.95 bits per heavy atom. The average molecular weight is 390 g/mol. The summed E-state index contributed by atoms with van der Waals surface area (Å²) in [7, 11) is 0. The smallest absolute Gasteiger partial charge is 0.227 e. The van der Waals surface area contributed by atoms with Crippen LogP contribution in [0.1, 0.15) is 24.5 Å². The Balaban J connectivity index is 2.32. The molecule has 2 aromatic rings. The largest absolute Gasteiger partial charge is 0.308 e. The second kappa shape index (κ2) is 7.23. The number of nitriles is 1. The van der Waals surface area contributed by atoms with Crippen LogP contribution in [0.3, 0.4) is 0 Å². The summed E-state index contributed by atoms with van der Waals surface area (Å²) in [6.07, 6.45) is 0.432. The zero-order valence-corrected chi connectivity index (χ0v) is 13.9. The number of anilines is 1. The quantitative estimate of drug-likeness (QED) is 0.738. The van der Waals surface area contributed by atoms with Crippen molar-refractivity contribution in [2.45, 2.75) is 19.9 Å². The lowest BCUT2D eigenvalue weighted by Gasteiger charge is -2.22. The van der Waals surface area contributed by atoms with Gasteiger partial charge in [0.05, 0.1) is 18.2 Å². The molecular formula is C17H15IN2O. The van der Waals surface area contributed by atoms with E-state index < -0.39 is 0 Å². The van der Waals surface area contributed by atoms with Gasteiger partial charge in [0.2, 0.25) is 5.91 Å². The van der Waals surface area contributed by atoms with Crippen molar-refractivity contribution in [1.82, 2.24) is 0 Å². The third-order valence-electron chi connectivity index (χ3n) is 3.14. The maximum atomic E-state index is 12.2. The fraction of sp³-hybridized carbons (Fsp3) is 0.176. The average Bonchev–Trinajstić information content (AvgIpc) is 2.53. The molecule has 0 aliphatic carbocycles. The molecule has 0 bridgehead atoms. The van der Waals surface area contributed by atoms with Crippen molar-refractivity contribution in [3.05, 3.63) is 63.2 Å². The van der Waals surface area contributed by atoms with Gasteiger partial charge in [-0.1, -0.05) is 25.1 Å². The van der Waals surface area contributed by atoms with Crippen molar-refractivity contribution < 1.29 is 4.79 Å². The Bertz CT molecular complexity index is 674. The highest BCUT2D eigenvalue weighted by Crippen LogP contribution is 2.20. The van der Waals surface area contributed by atoms with Crippen LogP contribution in [0.25, 0.3) is 0 Å². The van der Waals surface area contributed by atoms with Gasteiger partial charge in [0, 0.05) is 15.7 Å². The molecule has 106 valence electrons. The summed E-state index contributed by atoms with van der Waals surface area (Å²) in [4.78, 5) is 14.0. The first-order valence-corrected chi connectivity index (χ1v) is 7.77. The van der Waals surface area contributed by atoms with Gasteiger partial charge in [-0.05, 0) is 58.5 Å². The summed E-state index contributed by atoms with van der Waals surface area (Å²) >= 11 is 2.26. The molecule has 0 aromatic heterocycles. The molecule has 21 heavy (non-hydrogen) atoms. The second-order valence-corrected chi connectivity index (χ2v) is 5.87. The van der Waals surface area contributed by atoms with Crippen LogP contribution >= 0.6 is 22.6 Å². The molecule has 0 saturated carbocycles. The lowest BCUT2D eigenvalue weighted by molar-refractivity contribution is -0.118. The summed E-state index contributed by atoms with van der Waals surface area (Å²) in [5, 5.41) is 9.01. The SMILES string of the molecule is CCC(=O)N(Cc1ccc(I)cc1)c1cccc(C#N)c1. The van der Waals surface area contributed by atoms with Crippen LogP contribution in [-0.2, 0) is 11.3 Å². The molecule has 0 unspecified atom stereocenters. The number of benzene rings is 2. The highest BCUT2D eigenvalue weighted by Gasteiger charge is 2.15. The first kappa shape index (κ1) is 15.5. The van der Waals surface area contributed by atoms with Gasteiger partial charge in [-0.2, -0.15) is 5.26 Å². The molecule has 0 saturated heterocycles. The molecule has 2 rings (SSSR count). The summed E-state index contributed by atoms with van der Waals surface area (Å²) in [6, 6.07) is 17.4. The lowest BCUT2D eigenvalue weighted by Crippen LogP contribution is -2.29. The van der Waals surface area contributed by atoms with E-state index in [0.29, 0.717) is 18.5 Å². The third-order valence-corrected chi connectivity index (χ3v) is 3.86. The normalized spacial score (nSPS) is 9.95. The maximum Gasteiger partial charge on any atom is 0.227 e. The Labute approximate surface area is 138 Å². The molecule has 4 heteroatoms. The highest BCUT2D eigenvalue weighted by molar-refractivity contribution is 14.1. The van der Waals surface area contributed by atoms with Crippen molar-refractivity contribution in [1.29, 1.82) is 5.26 Å². The van der Waals surface area contributed by atoms with Crippen LogP contribution in [0.4, 0.5) is 5.69 Å². The number of hydrogen-bond donors (Lipinski definition) is 0. The van der Waals surface area contributed by atoms with Gasteiger partial charge in [-0.3, -0.25) is 4.79 Å².